The van der Waals surface area contributed by atoms with Gasteiger partial charge in [-0.1, -0.05) is 23.2 Å². The van der Waals surface area contributed by atoms with E-state index in [1.807, 2.05) is 6.92 Å². The topological polar surface area (TPSA) is 68.0 Å². The highest BCUT2D eigenvalue weighted by Crippen LogP contribution is 2.34. The molecule has 0 atom stereocenters. The van der Waals surface area contributed by atoms with E-state index in [0.717, 1.165) is 16.6 Å². The lowest BCUT2D eigenvalue weighted by Gasteiger charge is -2.07. The Bertz CT molecular complexity index is 899. The highest BCUT2D eigenvalue weighted by Gasteiger charge is 2.18. The standard InChI is InChI=1S/C15H11Cl2N3O2/c1-7-13-11(8-3-9(16)5-10(17)4-8)6-12(15(21)22)18-14(13)20(2)19-7/h3-6H,1-2H3,(H,21,22). The minimum absolute atomic E-state index is 0.0541. The number of pyridine rings is 1. The maximum absolute atomic E-state index is 11.3. The predicted molar refractivity (Wildman–Crippen MR) is 85.7 cm³/mol. The normalized spacial score (nSPS) is 11.1. The molecule has 1 aromatic carbocycles. The highest BCUT2D eigenvalue weighted by molar-refractivity contribution is 6.35. The summed E-state index contributed by atoms with van der Waals surface area (Å²) in [7, 11) is 1.72. The minimum atomic E-state index is -1.10. The number of aromatic nitrogens is 3. The summed E-state index contributed by atoms with van der Waals surface area (Å²) >= 11 is 12.1. The molecule has 2 heterocycles. The van der Waals surface area contributed by atoms with Crippen molar-refractivity contribution < 1.29 is 9.90 Å². The Morgan fingerprint density at radius 1 is 1.18 bits per heavy atom. The molecule has 3 aromatic rings. The van der Waals surface area contributed by atoms with Crippen molar-refractivity contribution in [2.45, 2.75) is 6.92 Å². The quantitative estimate of drug-likeness (QED) is 0.769. The van der Waals surface area contributed by atoms with Gasteiger partial charge < -0.3 is 5.11 Å². The number of carboxylic acids is 1. The van der Waals surface area contributed by atoms with Gasteiger partial charge in [0, 0.05) is 22.5 Å². The number of carboxylic acid groups (broad SMARTS) is 1. The van der Waals surface area contributed by atoms with Crippen molar-refractivity contribution in [1.82, 2.24) is 14.8 Å². The molecule has 2 aromatic heterocycles. The van der Waals surface area contributed by atoms with E-state index in [1.165, 1.54) is 6.07 Å². The minimum Gasteiger partial charge on any atom is -0.477 e. The molecule has 5 nitrogen and oxygen atoms in total. The molecule has 0 spiro atoms. The average molecular weight is 336 g/mol. The summed E-state index contributed by atoms with van der Waals surface area (Å²) in [5, 5.41) is 15.3. The predicted octanol–water partition coefficient (Wildman–Crippen LogP) is 3.95. The van der Waals surface area contributed by atoms with Crippen molar-refractivity contribution in [2.24, 2.45) is 7.05 Å². The maximum atomic E-state index is 11.3. The first-order valence-electron chi connectivity index (χ1n) is 6.41. The number of halogens is 2. The Labute approximate surface area is 136 Å². The van der Waals surface area contributed by atoms with Crippen molar-refractivity contribution in [1.29, 1.82) is 0 Å². The fraction of sp³-hybridized carbons (Fsp3) is 0.133. The maximum Gasteiger partial charge on any atom is 0.354 e. The summed E-state index contributed by atoms with van der Waals surface area (Å²) in [5.74, 6) is -1.10. The molecule has 0 saturated carbocycles. The van der Waals surface area contributed by atoms with Crippen LogP contribution in [-0.4, -0.2) is 25.8 Å². The molecule has 0 aliphatic carbocycles. The molecule has 3 rings (SSSR count). The van der Waals surface area contributed by atoms with E-state index in [1.54, 1.807) is 29.9 Å². The number of fused-ring (bicyclic) bond motifs is 1. The largest absolute Gasteiger partial charge is 0.477 e. The van der Waals surface area contributed by atoms with Crippen LogP contribution in [0.2, 0.25) is 10.0 Å². The second-order valence-corrected chi connectivity index (χ2v) is 5.80. The second kappa shape index (κ2) is 5.26. The molecule has 22 heavy (non-hydrogen) atoms. The van der Waals surface area contributed by atoms with Crippen molar-refractivity contribution in [3.8, 4) is 11.1 Å². The molecule has 7 heteroatoms. The van der Waals surface area contributed by atoms with Gasteiger partial charge in [0.2, 0.25) is 0 Å². The van der Waals surface area contributed by atoms with Gasteiger partial charge in [0.05, 0.1) is 5.69 Å². The summed E-state index contributed by atoms with van der Waals surface area (Å²) in [4.78, 5) is 15.5. The first kappa shape index (κ1) is 14.8. The van der Waals surface area contributed by atoms with Crippen LogP contribution in [0.4, 0.5) is 0 Å². The van der Waals surface area contributed by atoms with Crippen molar-refractivity contribution in [3.05, 3.63) is 45.7 Å². The number of aromatic carboxylic acids is 1. The molecule has 1 N–H and O–H groups in total. The Balaban J connectivity index is 2.43. The van der Waals surface area contributed by atoms with E-state index < -0.39 is 5.97 Å². The number of nitrogens with zero attached hydrogens (tertiary/aromatic N) is 3. The summed E-state index contributed by atoms with van der Waals surface area (Å²) in [6.07, 6.45) is 0. The van der Waals surface area contributed by atoms with Crippen LogP contribution in [0.25, 0.3) is 22.2 Å². The molecule has 0 aliphatic rings. The van der Waals surface area contributed by atoms with Crippen LogP contribution in [0.1, 0.15) is 16.2 Å². The van der Waals surface area contributed by atoms with E-state index in [-0.39, 0.29) is 5.69 Å². The van der Waals surface area contributed by atoms with Crippen LogP contribution >= 0.6 is 23.2 Å². The third-order valence-electron chi connectivity index (χ3n) is 3.36. The van der Waals surface area contributed by atoms with Gasteiger partial charge in [-0.3, -0.25) is 4.68 Å². The van der Waals surface area contributed by atoms with Gasteiger partial charge in [0.1, 0.15) is 0 Å². The van der Waals surface area contributed by atoms with E-state index in [0.29, 0.717) is 21.3 Å². The Morgan fingerprint density at radius 3 is 2.41 bits per heavy atom. The number of hydrogen-bond acceptors (Lipinski definition) is 3. The summed E-state index contributed by atoms with van der Waals surface area (Å²) in [5.41, 5.74) is 2.62. The molecular weight excluding hydrogens is 325 g/mol. The van der Waals surface area contributed by atoms with Gasteiger partial charge in [-0.2, -0.15) is 5.10 Å². The number of carbonyl (C=O) groups is 1. The Hall–Kier alpha value is -2.11. The van der Waals surface area contributed by atoms with Gasteiger partial charge in [0.15, 0.2) is 11.3 Å². The van der Waals surface area contributed by atoms with Gasteiger partial charge in [0.25, 0.3) is 0 Å². The Morgan fingerprint density at radius 2 is 1.82 bits per heavy atom. The zero-order chi connectivity index (χ0) is 16.0. The fourth-order valence-electron chi connectivity index (χ4n) is 2.49. The number of hydrogen-bond donors (Lipinski definition) is 1. The highest BCUT2D eigenvalue weighted by atomic mass is 35.5. The smallest absolute Gasteiger partial charge is 0.354 e. The first-order chi connectivity index (χ1) is 10.4. The second-order valence-electron chi connectivity index (χ2n) is 4.93. The lowest BCUT2D eigenvalue weighted by atomic mass is 10.0. The third kappa shape index (κ3) is 2.42. The monoisotopic (exact) mass is 335 g/mol. The number of benzene rings is 1. The van der Waals surface area contributed by atoms with Crippen molar-refractivity contribution in [2.75, 3.05) is 0 Å². The lowest BCUT2D eigenvalue weighted by Crippen LogP contribution is -2.03. The molecule has 0 saturated heterocycles. The van der Waals surface area contributed by atoms with E-state index in [4.69, 9.17) is 23.2 Å². The molecule has 0 unspecified atom stereocenters. The molecule has 0 bridgehead atoms. The average Bonchev–Trinajstić information content (AvgIpc) is 2.72. The van der Waals surface area contributed by atoms with Gasteiger partial charge >= 0.3 is 5.97 Å². The van der Waals surface area contributed by atoms with Gasteiger partial charge in [-0.05, 0) is 42.3 Å². The van der Waals surface area contributed by atoms with Crippen LogP contribution < -0.4 is 0 Å². The van der Waals surface area contributed by atoms with Crippen LogP contribution in [0.15, 0.2) is 24.3 Å². The molecule has 112 valence electrons. The van der Waals surface area contributed by atoms with Crippen molar-refractivity contribution >= 4 is 40.2 Å². The fourth-order valence-corrected chi connectivity index (χ4v) is 3.02. The molecule has 0 radical (unpaired) electrons. The van der Waals surface area contributed by atoms with Crippen LogP contribution in [0.5, 0.6) is 0 Å². The molecule has 0 amide bonds. The number of aryl methyl sites for hydroxylation is 2. The van der Waals surface area contributed by atoms with Crippen LogP contribution in [0, 0.1) is 6.92 Å². The Kier molecular flexibility index (Phi) is 3.54. The number of rotatable bonds is 2. The SMILES string of the molecule is Cc1nn(C)c2nc(C(=O)O)cc(-c3cc(Cl)cc(Cl)c3)c12. The molecule has 0 aliphatic heterocycles. The summed E-state index contributed by atoms with van der Waals surface area (Å²) in [6.45, 7) is 1.85. The van der Waals surface area contributed by atoms with Gasteiger partial charge in [-0.15, -0.1) is 0 Å². The van der Waals surface area contributed by atoms with E-state index in [9.17, 15) is 9.90 Å². The molecule has 0 fully saturated rings. The summed E-state index contributed by atoms with van der Waals surface area (Å²) < 4.78 is 1.56. The first-order valence-corrected chi connectivity index (χ1v) is 7.16. The van der Waals surface area contributed by atoms with Gasteiger partial charge in [-0.25, -0.2) is 9.78 Å². The van der Waals surface area contributed by atoms with Crippen LogP contribution in [-0.2, 0) is 7.05 Å². The summed E-state index contributed by atoms with van der Waals surface area (Å²) in [6, 6.07) is 6.61. The van der Waals surface area contributed by atoms with Crippen LogP contribution in [0.3, 0.4) is 0 Å². The van der Waals surface area contributed by atoms with E-state index >= 15 is 0 Å². The van der Waals surface area contributed by atoms with Crippen molar-refractivity contribution in [3.63, 3.8) is 0 Å². The zero-order valence-corrected chi connectivity index (χ0v) is 13.3. The lowest BCUT2D eigenvalue weighted by molar-refractivity contribution is 0.0691. The zero-order valence-electron chi connectivity index (χ0n) is 11.8. The third-order valence-corrected chi connectivity index (χ3v) is 3.80. The van der Waals surface area contributed by atoms with E-state index in [2.05, 4.69) is 10.1 Å². The molecular formula is C15H11Cl2N3O2.